The molecule has 2 aromatic rings. The predicted octanol–water partition coefficient (Wildman–Crippen LogP) is 2.66. The number of carbonyl (C=O) groups is 1. The first-order chi connectivity index (χ1) is 9.49. The largest absolute Gasteiger partial charge is 0.398 e. The molecule has 0 bridgehead atoms. The molecular weight excluding hydrogens is 274 g/mol. The van der Waals surface area contributed by atoms with Gasteiger partial charge in [0, 0.05) is 30.0 Å². The number of primary amides is 1. The zero-order valence-corrected chi connectivity index (χ0v) is 11.9. The normalized spacial score (nSPS) is 10.3. The fourth-order valence-corrected chi connectivity index (χ4v) is 2.16. The number of nitrogen functional groups attached to an aromatic ring is 1. The van der Waals surface area contributed by atoms with E-state index in [0.717, 1.165) is 11.3 Å². The maximum atomic E-state index is 11.3. The third-order valence-electron chi connectivity index (χ3n) is 3.11. The summed E-state index contributed by atoms with van der Waals surface area (Å²) in [6, 6.07) is 12.9. The summed E-state index contributed by atoms with van der Waals surface area (Å²) in [6.07, 6.45) is 0. The molecule has 0 saturated carbocycles. The van der Waals surface area contributed by atoms with E-state index in [-0.39, 0.29) is 0 Å². The van der Waals surface area contributed by atoms with Gasteiger partial charge in [0.1, 0.15) is 0 Å². The van der Waals surface area contributed by atoms with Crippen LogP contribution in [0.15, 0.2) is 42.5 Å². The molecule has 0 aromatic heterocycles. The van der Waals surface area contributed by atoms with Crippen molar-refractivity contribution in [2.75, 3.05) is 17.7 Å². The van der Waals surface area contributed by atoms with Gasteiger partial charge in [-0.2, -0.15) is 0 Å². The smallest absolute Gasteiger partial charge is 0.250 e. The Kier molecular flexibility index (Phi) is 4.15. The molecule has 0 atom stereocenters. The minimum Gasteiger partial charge on any atom is -0.398 e. The number of anilines is 2. The van der Waals surface area contributed by atoms with E-state index in [0.29, 0.717) is 22.8 Å². The number of halogens is 1. The second kappa shape index (κ2) is 5.84. The van der Waals surface area contributed by atoms with E-state index in [4.69, 9.17) is 23.1 Å². The standard InChI is InChI=1S/C15H16ClN3O/c1-19(9-10-4-2-3-5-13(10)16)11-6-7-14(17)12(8-11)15(18)20/h2-8H,9,17H2,1H3,(H2,18,20). The van der Waals surface area contributed by atoms with Crippen molar-refractivity contribution in [2.45, 2.75) is 6.54 Å². The number of amides is 1. The Morgan fingerprint density at radius 2 is 1.95 bits per heavy atom. The Morgan fingerprint density at radius 3 is 2.60 bits per heavy atom. The van der Waals surface area contributed by atoms with Crippen molar-refractivity contribution in [3.63, 3.8) is 0 Å². The van der Waals surface area contributed by atoms with Crippen molar-refractivity contribution < 1.29 is 4.79 Å². The minimum atomic E-state index is -0.532. The molecule has 0 fully saturated rings. The highest BCUT2D eigenvalue weighted by molar-refractivity contribution is 6.31. The van der Waals surface area contributed by atoms with E-state index in [1.807, 2.05) is 42.3 Å². The van der Waals surface area contributed by atoms with Crippen LogP contribution < -0.4 is 16.4 Å². The van der Waals surface area contributed by atoms with Crippen LogP contribution in [0.5, 0.6) is 0 Å². The number of nitrogens with zero attached hydrogens (tertiary/aromatic N) is 1. The van der Waals surface area contributed by atoms with Crippen molar-refractivity contribution in [1.29, 1.82) is 0 Å². The topological polar surface area (TPSA) is 72.3 Å². The third-order valence-corrected chi connectivity index (χ3v) is 3.48. The van der Waals surface area contributed by atoms with E-state index in [9.17, 15) is 4.79 Å². The first-order valence-electron chi connectivity index (χ1n) is 6.13. The summed E-state index contributed by atoms with van der Waals surface area (Å²) >= 11 is 6.14. The van der Waals surface area contributed by atoms with E-state index < -0.39 is 5.91 Å². The van der Waals surface area contributed by atoms with Gasteiger partial charge in [-0.3, -0.25) is 4.79 Å². The molecule has 2 rings (SSSR count). The summed E-state index contributed by atoms with van der Waals surface area (Å²) < 4.78 is 0. The minimum absolute atomic E-state index is 0.327. The van der Waals surface area contributed by atoms with Crippen LogP contribution in [-0.2, 0) is 6.54 Å². The molecule has 20 heavy (non-hydrogen) atoms. The number of rotatable bonds is 4. The Balaban J connectivity index is 2.26. The van der Waals surface area contributed by atoms with Crippen LogP contribution in [0.4, 0.5) is 11.4 Å². The van der Waals surface area contributed by atoms with Gasteiger partial charge in [-0.25, -0.2) is 0 Å². The molecular formula is C15H16ClN3O. The quantitative estimate of drug-likeness (QED) is 0.850. The van der Waals surface area contributed by atoms with Gasteiger partial charge in [0.25, 0.3) is 5.91 Å². The molecule has 0 unspecified atom stereocenters. The van der Waals surface area contributed by atoms with Gasteiger partial charge >= 0.3 is 0 Å². The molecule has 4 nitrogen and oxygen atoms in total. The number of hydrogen-bond acceptors (Lipinski definition) is 3. The second-order valence-electron chi connectivity index (χ2n) is 4.58. The van der Waals surface area contributed by atoms with Gasteiger partial charge in [0.2, 0.25) is 0 Å². The highest BCUT2D eigenvalue weighted by Gasteiger charge is 2.10. The van der Waals surface area contributed by atoms with E-state index in [1.54, 1.807) is 12.1 Å². The fourth-order valence-electron chi connectivity index (χ4n) is 1.97. The van der Waals surface area contributed by atoms with E-state index in [2.05, 4.69) is 0 Å². The Morgan fingerprint density at radius 1 is 1.25 bits per heavy atom. The molecule has 0 aliphatic carbocycles. The Hall–Kier alpha value is -2.20. The summed E-state index contributed by atoms with van der Waals surface area (Å²) in [4.78, 5) is 13.3. The molecule has 2 aromatic carbocycles. The molecule has 0 aliphatic heterocycles. The number of hydrogen-bond donors (Lipinski definition) is 2. The lowest BCUT2D eigenvalue weighted by Gasteiger charge is -2.21. The second-order valence-corrected chi connectivity index (χ2v) is 4.99. The van der Waals surface area contributed by atoms with Crippen molar-refractivity contribution in [1.82, 2.24) is 0 Å². The highest BCUT2D eigenvalue weighted by atomic mass is 35.5. The van der Waals surface area contributed by atoms with E-state index in [1.165, 1.54) is 0 Å². The van der Waals surface area contributed by atoms with Crippen molar-refractivity contribution >= 4 is 28.9 Å². The zero-order valence-electron chi connectivity index (χ0n) is 11.1. The van der Waals surface area contributed by atoms with E-state index >= 15 is 0 Å². The lowest BCUT2D eigenvalue weighted by molar-refractivity contribution is 0.100. The van der Waals surface area contributed by atoms with Gasteiger partial charge in [0.15, 0.2) is 0 Å². The van der Waals surface area contributed by atoms with Crippen LogP contribution >= 0.6 is 11.6 Å². The van der Waals surface area contributed by atoms with Crippen LogP contribution in [0.25, 0.3) is 0 Å². The molecule has 104 valence electrons. The molecule has 0 saturated heterocycles. The average molecular weight is 290 g/mol. The summed E-state index contributed by atoms with van der Waals surface area (Å²) in [5.74, 6) is -0.532. The van der Waals surface area contributed by atoms with Gasteiger partial charge in [-0.1, -0.05) is 29.8 Å². The van der Waals surface area contributed by atoms with Crippen LogP contribution in [0, 0.1) is 0 Å². The molecule has 1 amide bonds. The number of carbonyl (C=O) groups excluding carboxylic acids is 1. The van der Waals surface area contributed by atoms with Crippen molar-refractivity contribution in [3.05, 3.63) is 58.6 Å². The zero-order chi connectivity index (χ0) is 14.7. The monoisotopic (exact) mass is 289 g/mol. The fraction of sp³-hybridized carbons (Fsp3) is 0.133. The first-order valence-corrected chi connectivity index (χ1v) is 6.50. The summed E-state index contributed by atoms with van der Waals surface area (Å²) in [7, 11) is 1.92. The predicted molar refractivity (Wildman–Crippen MR) is 82.9 cm³/mol. The van der Waals surface area contributed by atoms with Crippen molar-refractivity contribution in [3.8, 4) is 0 Å². The van der Waals surface area contributed by atoms with Crippen LogP contribution in [0.1, 0.15) is 15.9 Å². The Labute approximate surface area is 122 Å². The average Bonchev–Trinajstić information content (AvgIpc) is 2.41. The Bertz CT molecular complexity index is 643. The molecule has 4 N–H and O–H groups in total. The van der Waals surface area contributed by atoms with Gasteiger partial charge in [-0.15, -0.1) is 0 Å². The SMILES string of the molecule is CN(Cc1ccccc1Cl)c1ccc(N)c(C(N)=O)c1. The highest BCUT2D eigenvalue weighted by Crippen LogP contribution is 2.23. The summed E-state index contributed by atoms with van der Waals surface area (Å²) in [6.45, 7) is 0.627. The first kappa shape index (κ1) is 14.2. The molecule has 0 radical (unpaired) electrons. The molecule has 0 heterocycles. The summed E-state index contributed by atoms with van der Waals surface area (Å²) in [5.41, 5.74) is 13.6. The maximum Gasteiger partial charge on any atom is 0.250 e. The molecule has 5 heteroatoms. The lowest BCUT2D eigenvalue weighted by atomic mass is 10.1. The molecule has 0 spiro atoms. The van der Waals surface area contributed by atoms with Gasteiger partial charge in [0.05, 0.1) is 5.56 Å². The third kappa shape index (κ3) is 3.03. The van der Waals surface area contributed by atoms with Crippen LogP contribution in [0.2, 0.25) is 5.02 Å². The van der Waals surface area contributed by atoms with Crippen molar-refractivity contribution in [2.24, 2.45) is 5.73 Å². The van der Waals surface area contributed by atoms with Gasteiger partial charge < -0.3 is 16.4 Å². The summed E-state index contributed by atoms with van der Waals surface area (Å²) in [5, 5.41) is 0.713. The van der Waals surface area contributed by atoms with Gasteiger partial charge in [-0.05, 0) is 29.8 Å². The maximum absolute atomic E-state index is 11.3. The molecule has 0 aliphatic rings. The van der Waals surface area contributed by atoms with Crippen LogP contribution in [0.3, 0.4) is 0 Å². The lowest BCUT2D eigenvalue weighted by Crippen LogP contribution is -2.19. The number of benzene rings is 2. The number of nitrogens with two attached hydrogens (primary N) is 2. The van der Waals surface area contributed by atoms with Crippen LogP contribution in [-0.4, -0.2) is 13.0 Å².